The maximum atomic E-state index is 11.0. The van der Waals surface area contributed by atoms with E-state index in [-0.39, 0.29) is 5.91 Å². The topological polar surface area (TPSA) is 29.1 Å². The zero-order valence-corrected chi connectivity index (χ0v) is 6.68. The van der Waals surface area contributed by atoms with Crippen LogP contribution in [-0.2, 0) is 4.79 Å². The molecule has 1 rings (SSSR count). The van der Waals surface area contributed by atoms with E-state index in [1.807, 2.05) is 0 Å². The van der Waals surface area contributed by atoms with Crippen molar-refractivity contribution in [2.75, 3.05) is 6.54 Å². The van der Waals surface area contributed by atoms with Crippen LogP contribution in [0.4, 0.5) is 0 Å². The van der Waals surface area contributed by atoms with Gasteiger partial charge in [0.15, 0.2) is 0 Å². The van der Waals surface area contributed by atoms with Crippen LogP contribution in [0.1, 0.15) is 26.7 Å². The molecule has 0 aromatic carbocycles. The normalized spacial score (nSPS) is 25.5. The first kappa shape index (κ1) is 7.58. The van der Waals surface area contributed by atoms with Gasteiger partial charge >= 0.3 is 0 Å². The molecule has 2 heteroatoms. The second-order valence-corrected chi connectivity index (χ2v) is 3.41. The lowest BCUT2D eigenvalue weighted by molar-refractivity contribution is -0.122. The third kappa shape index (κ3) is 1.72. The third-order valence-electron chi connectivity index (χ3n) is 1.92. The van der Waals surface area contributed by atoms with Crippen molar-refractivity contribution in [1.29, 1.82) is 0 Å². The van der Waals surface area contributed by atoms with Crippen molar-refractivity contribution in [2.45, 2.75) is 26.7 Å². The van der Waals surface area contributed by atoms with E-state index >= 15 is 0 Å². The van der Waals surface area contributed by atoms with Crippen LogP contribution in [0.15, 0.2) is 0 Å². The van der Waals surface area contributed by atoms with Crippen molar-refractivity contribution in [3.63, 3.8) is 0 Å². The van der Waals surface area contributed by atoms with Crippen LogP contribution in [0, 0.1) is 11.8 Å². The van der Waals surface area contributed by atoms with Gasteiger partial charge in [-0.05, 0) is 18.8 Å². The molecule has 58 valence electrons. The molecule has 0 aliphatic carbocycles. The van der Waals surface area contributed by atoms with Gasteiger partial charge < -0.3 is 5.32 Å². The molecular formula is C8H15NO. The van der Waals surface area contributed by atoms with Gasteiger partial charge in [0.05, 0.1) is 0 Å². The van der Waals surface area contributed by atoms with Crippen LogP contribution in [0.3, 0.4) is 0 Å². The van der Waals surface area contributed by atoms with Crippen LogP contribution in [0.25, 0.3) is 0 Å². The Hall–Kier alpha value is -0.530. The van der Waals surface area contributed by atoms with Gasteiger partial charge in [0.1, 0.15) is 0 Å². The fraction of sp³-hybridized carbons (Fsp3) is 0.875. The minimum absolute atomic E-state index is 0.258. The highest BCUT2D eigenvalue weighted by Gasteiger charge is 2.24. The first-order chi connectivity index (χ1) is 4.70. The summed E-state index contributed by atoms with van der Waals surface area (Å²) < 4.78 is 0. The van der Waals surface area contributed by atoms with Crippen LogP contribution in [0.5, 0.6) is 0 Å². The standard InChI is InChI=1S/C8H15NO/c1-6(2)5-7-3-4-9-8(7)10/h6-7H,3-5H2,1-2H3,(H,9,10). The minimum atomic E-state index is 0.258. The highest BCUT2D eigenvalue weighted by molar-refractivity contribution is 5.80. The molecule has 0 saturated carbocycles. The van der Waals surface area contributed by atoms with Gasteiger partial charge in [-0.3, -0.25) is 4.79 Å². The molecule has 1 saturated heterocycles. The van der Waals surface area contributed by atoms with Gasteiger partial charge in [0.2, 0.25) is 5.91 Å². The van der Waals surface area contributed by atoms with Crippen molar-refractivity contribution >= 4 is 5.91 Å². The van der Waals surface area contributed by atoms with Crippen LogP contribution in [-0.4, -0.2) is 12.5 Å². The molecule has 1 unspecified atom stereocenters. The Morgan fingerprint density at radius 1 is 1.70 bits per heavy atom. The molecule has 0 aromatic heterocycles. The van der Waals surface area contributed by atoms with E-state index in [2.05, 4.69) is 19.2 Å². The molecule has 1 aliphatic heterocycles. The van der Waals surface area contributed by atoms with Gasteiger partial charge in [0, 0.05) is 12.5 Å². The van der Waals surface area contributed by atoms with Crippen LogP contribution < -0.4 is 5.32 Å². The van der Waals surface area contributed by atoms with E-state index in [1.165, 1.54) is 0 Å². The SMILES string of the molecule is CC(C)CC1CCNC1=O. The maximum absolute atomic E-state index is 11.0. The number of hydrogen-bond acceptors (Lipinski definition) is 1. The average Bonchev–Trinajstić information content (AvgIpc) is 2.15. The number of carbonyl (C=O) groups is 1. The summed E-state index contributed by atoms with van der Waals surface area (Å²) in [5.41, 5.74) is 0. The van der Waals surface area contributed by atoms with Crippen LogP contribution in [0.2, 0.25) is 0 Å². The second-order valence-electron chi connectivity index (χ2n) is 3.41. The van der Waals surface area contributed by atoms with E-state index < -0.39 is 0 Å². The van der Waals surface area contributed by atoms with E-state index in [9.17, 15) is 4.79 Å². The summed E-state index contributed by atoms with van der Waals surface area (Å²) in [5, 5.41) is 2.84. The van der Waals surface area contributed by atoms with Crippen LogP contribution >= 0.6 is 0 Å². The van der Waals surface area contributed by atoms with Gasteiger partial charge in [-0.15, -0.1) is 0 Å². The van der Waals surface area contributed by atoms with Gasteiger partial charge in [-0.25, -0.2) is 0 Å². The molecule has 0 spiro atoms. The van der Waals surface area contributed by atoms with E-state index in [0.717, 1.165) is 19.4 Å². The molecule has 0 aromatic rings. The fourth-order valence-corrected chi connectivity index (χ4v) is 1.44. The monoisotopic (exact) mass is 141 g/mol. The Labute approximate surface area is 62.0 Å². The highest BCUT2D eigenvalue weighted by atomic mass is 16.2. The van der Waals surface area contributed by atoms with Gasteiger partial charge in [-0.2, -0.15) is 0 Å². The van der Waals surface area contributed by atoms with E-state index in [1.54, 1.807) is 0 Å². The Kier molecular flexibility index (Phi) is 2.30. The van der Waals surface area contributed by atoms with Gasteiger partial charge in [0.25, 0.3) is 0 Å². The lowest BCUT2D eigenvalue weighted by Crippen LogP contribution is -2.19. The largest absolute Gasteiger partial charge is 0.356 e. The van der Waals surface area contributed by atoms with Gasteiger partial charge in [-0.1, -0.05) is 13.8 Å². The molecule has 1 N–H and O–H groups in total. The average molecular weight is 141 g/mol. The first-order valence-corrected chi connectivity index (χ1v) is 3.98. The van der Waals surface area contributed by atoms with Crippen molar-refractivity contribution in [2.24, 2.45) is 11.8 Å². The molecule has 10 heavy (non-hydrogen) atoms. The summed E-state index contributed by atoms with van der Waals surface area (Å²) in [5.74, 6) is 1.21. The van der Waals surface area contributed by atoms with Crippen molar-refractivity contribution in [1.82, 2.24) is 5.32 Å². The number of rotatable bonds is 2. The summed E-state index contributed by atoms with van der Waals surface area (Å²) >= 11 is 0. The van der Waals surface area contributed by atoms with E-state index in [0.29, 0.717) is 11.8 Å². The molecule has 0 radical (unpaired) electrons. The van der Waals surface area contributed by atoms with Crippen molar-refractivity contribution in [3.05, 3.63) is 0 Å². The Bertz CT molecular complexity index is 131. The molecule has 1 heterocycles. The maximum Gasteiger partial charge on any atom is 0.223 e. The summed E-state index contributed by atoms with van der Waals surface area (Å²) in [6.45, 7) is 5.20. The summed E-state index contributed by atoms with van der Waals surface area (Å²) in [6, 6.07) is 0. The molecule has 2 nitrogen and oxygen atoms in total. The number of nitrogens with one attached hydrogen (secondary N) is 1. The molecule has 0 bridgehead atoms. The predicted octanol–water partition coefficient (Wildman–Crippen LogP) is 1.17. The lowest BCUT2D eigenvalue weighted by atomic mass is 9.96. The van der Waals surface area contributed by atoms with E-state index in [4.69, 9.17) is 0 Å². The zero-order valence-electron chi connectivity index (χ0n) is 6.68. The first-order valence-electron chi connectivity index (χ1n) is 3.98. The number of hydrogen-bond donors (Lipinski definition) is 1. The third-order valence-corrected chi connectivity index (χ3v) is 1.92. The summed E-state index contributed by atoms with van der Waals surface area (Å²) in [7, 11) is 0. The zero-order chi connectivity index (χ0) is 7.56. The Morgan fingerprint density at radius 3 is 2.80 bits per heavy atom. The molecular weight excluding hydrogens is 126 g/mol. The molecule has 1 atom stereocenters. The predicted molar refractivity (Wildman–Crippen MR) is 40.6 cm³/mol. The quantitative estimate of drug-likeness (QED) is 0.614. The Morgan fingerprint density at radius 2 is 2.40 bits per heavy atom. The van der Waals surface area contributed by atoms with Crippen molar-refractivity contribution in [3.8, 4) is 0 Å². The summed E-state index contributed by atoms with van der Waals surface area (Å²) in [4.78, 5) is 11.0. The lowest BCUT2D eigenvalue weighted by Gasteiger charge is -2.08. The molecule has 1 aliphatic rings. The minimum Gasteiger partial charge on any atom is -0.356 e. The highest BCUT2D eigenvalue weighted by Crippen LogP contribution is 2.18. The number of carbonyl (C=O) groups excluding carboxylic acids is 1. The fourth-order valence-electron chi connectivity index (χ4n) is 1.44. The Balaban J connectivity index is 2.33. The second kappa shape index (κ2) is 3.04. The summed E-state index contributed by atoms with van der Waals surface area (Å²) in [6.07, 6.45) is 2.09. The molecule has 1 amide bonds. The molecule has 1 fully saturated rings. The van der Waals surface area contributed by atoms with Crippen molar-refractivity contribution < 1.29 is 4.79 Å². The smallest absolute Gasteiger partial charge is 0.223 e. The number of amides is 1.